The Morgan fingerprint density at radius 2 is 2.00 bits per heavy atom. The molecule has 1 aromatic carbocycles. The maximum absolute atomic E-state index is 12.4. The third kappa shape index (κ3) is 2.58. The van der Waals surface area contributed by atoms with Crippen LogP contribution < -0.4 is 5.32 Å². The summed E-state index contributed by atoms with van der Waals surface area (Å²) < 4.78 is 12.0. The zero-order valence-electron chi connectivity index (χ0n) is 12.4. The van der Waals surface area contributed by atoms with Gasteiger partial charge in [-0.25, -0.2) is 4.68 Å². The van der Waals surface area contributed by atoms with Crippen LogP contribution in [-0.4, -0.2) is 20.8 Å². The minimum atomic E-state index is -0.379. The van der Waals surface area contributed by atoms with Gasteiger partial charge in [0.15, 0.2) is 11.5 Å². The molecular formula is C17H12N4O3. The summed E-state index contributed by atoms with van der Waals surface area (Å²) in [4.78, 5) is 12.4. The van der Waals surface area contributed by atoms with Crippen LogP contribution in [0.3, 0.4) is 0 Å². The molecule has 0 aliphatic rings. The summed E-state index contributed by atoms with van der Waals surface area (Å²) in [5.74, 6) is 0.528. The van der Waals surface area contributed by atoms with Crippen LogP contribution in [0.15, 0.2) is 76.1 Å². The van der Waals surface area contributed by atoms with Gasteiger partial charge in [0.2, 0.25) is 5.76 Å². The number of carbonyl (C=O) groups excluding carboxylic acids is 1. The summed E-state index contributed by atoms with van der Waals surface area (Å²) >= 11 is 0. The van der Waals surface area contributed by atoms with E-state index in [2.05, 4.69) is 15.6 Å². The maximum atomic E-state index is 12.4. The van der Waals surface area contributed by atoms with Crippen LogP contribution in [0.1, 0.15) is 10.5 Å². The zero-order chi connectivity index (χ0) is 16.4. The Labute approximate surface area is 136 Å². The number of nitrogens with zero attached hydrogens (tertiary/aromatic N) is 3. The van der Waals surface area contributed by atoms with Crippen molar-refractivity contribution >= 4 is 11.6 Å². The van der Waals surface area contributed by atoms with Crippen molar-refractivity contribution in [1.82, 2.24) is 14.9 Å². The first kappa shape index (κ1) is 14.0. The number of furan rings is 1. The Kier molecular flexibility index (Phi) is 3.43. The van der Waals surface area contributed by atoms with E-state index in [1.807, 2.05) is 24.3 Å². The van der Waals surface area contributed by atoms with Crippen LogP contribution in [0.5, 0.6) is 0 Å². The summed E-state index contributed by atoms with van der Waals surface area (Å²) in [6.07, 6.45) is 5.00. The fourth-order valence-corrected chi connectivity index (χ4v) is 2.29. The highest BCUT2D eigenvalue weighted by molar-refractivity contribution is 6.04. The van der Waals surface area contributed by atoms with E-state index >= 15 is 0 Å². The molecule has 0 saturated carbocycles. The van der Waals surface area contributed by atoms with Gasteiger partial charge in [0, 0.05) is 18.5 Å². The van der Waals surface area contributed by atoms with Gasteiger partial charge in [-0.15, -0.1) is 0 Å². The van der Waals surface area contributed by atoms with E-state index in [1.54, 1.807) is 35.3 Å². The molecular weight excluding hydrogens is 308 g/mol. The molecule has 4 rings (SSSR count). The van der Waals surface area contributed by atoms with Crippen LogP contribution in [0.25, 0.3) is 17.2 Å². The lowest BCUT2D eigenvalue weighted by Crippen LogP contribution is -2.14. The molecule has 0 spiro atoms. The number of benzene rings is 1. The fraction of sp³-hybridized carbons (Fsp3) is 0. The van der Waals surface area contributed by atoms with Gasteiger partial charge in [0.25, 0.3) is 5.91 Å². The minimum Gasteiger partial charge on any atom is -0.461 e. The Hall–Kier alpha value is -3.61. The molecule has 118 valence electrons. The van der Waals surface area contributed by atoms with Crippen LogP contribution >= 0.6 is 0 Å². The van der Waals surface area contributed by atoms with E-state index < -0.39 is 0 Å². The molecule has 0 saturated heterocycles. The van der Waals surface area contributed by atoms with E-state index in [9.17, 15) is 4.79 Å². The minimum absolute atomic E-state index is 0.164. The molecule has 0 aliphatic heterocycles. The molecule has 7 heteroatoms. The quantitative estimate of drug-likeness (QED) is 0.623. The molecule has 7 nitrogen and oxygen atoms in total. The van der Waals surface area contributed by atoms with Crippen molar-refractivity contribution in [2.75, 3.05) is 5.32 Å². The lowest BCUT2D eigenvalue weighted by molar-refractivity contribution is 0.101. The van der Waals surface area contributed by atoms with Crippen molar-refractivity contribution < 1.29 is 13.7 Å². The molecule has 1 amide bonds. The third-order valence-electron chi connectivity index (χ3n) is 3.41. The summed E-state index contributed by atoms with van der Waals surface area (Å²) in [5.41, 5.74) is 1.54. The molecule has 3 aromatic heterocycles. The van der Waals surface area contributed by atoms with Crippen molar-refractivity contribution in [3.05, 3.63) is 72.9 Å². The highest BCUT2D eigenvalue weighted by atomic mass is 16.5. The number of aromatic nitrogens is 3. The second kappa shape index (κ2) is 5.88. The van der Waals surface area contributed by atoms with E-state index in [4.69, 9.17) is 8.94 Å². The topological polar surface area (TPSA) is 86.1 Å². The van der Waals surface area contributed by atoms with Gasteiger partial charge >= 0.3 is 0 Å². The molecule has 1 N–H and O–H groups in total. The van der Waals surface area contributed by atoms with Crippen molar-refractivity contribution in [2.45, 2.75) is 0 Å². The van der Waals surface area contributed by atoms with Crippen LogP contribution in [0.2, 0.25) is 0 Å². The van der Waals surface area contributed by atoms with Crippen molar-refractivity contribution in [3.8, 4) is 17.2 Å². The molecule has 0 bridgehead atoms. The standard InChI is InChI=1S/C17H12N4O3/c22-17(13-11-16(24-20-13)15-7-3-10-23-15)19-12-5-1-2-6-14(12)21-9-4-8-18-21/h1-11H,(H,19,22). The second-order valence-corrected chi connectivity index (χ2v) is 4.98. The summed E-state index contributed by atoms with van der Waals surface area (Å²) in [7, 11) is 0. The average Bonchev–Trinajstić information content (AvgIpc) is 3.35. The average molecular weight is 320 g/mol. The van der Waals surface area contributed by atoms with Crippen molar-refractivity contribution in [1.29, 1.82) is 0 Å². The molecule has 24 heavy (non-hydrogen) atoms. The number of para-hydroxylation sites is 2. The smallest absolute Gasteiger partial charge is 0.277 e. The zero-order valence-corrected chi connectivity index (χ0v) is 12.4. The third-order valence-corrected chi connectivity index (χ3v) is 3.41. The van der Waals surface area contributed by atoms with E-state index in [0.717, 1.165) is 5.69 Å². The number of anilines is 1. The predicted octanol–water partition coefficient (Wildman–Crippen LogP) is 3.37. The Morgan fingerprint density at radius 3 is 2.79 bits per heavy atom. The summed E-state index contributed by atoms with van der Waals surface area (Å²) in [5, 5.41) is 10.8. The Balaban J connectivity index is 1.59. The highest BCUT2D eigenvalue weighted by Gasteiger charge is 2.16. The van der Waals surface area contributed by atoms with Crippen molar-refractivity contribution in [3.63, 3.8) is 0 Å². The summed E-state index contributed by atoms with van der Waals surface area (Å²) in [6.45, 7) is 0. The maximum Gasteiger partial charge on any atom is 0.277 e. The monoisotopic (exact) mass is 320 g/mol. The van der Waals surface area contributed by atoms with Crippen molar-refractivity contribution in [2.24, 2.45) is 0 Å². The first-order valence-corrected chi connectivity index (χ1v) is 7.22. The van der Waals surface area contributed by atoms with E-state index in [-0.39, 0.29) is 11.6 Å². The van der Waals surface area contributed by atoms with E-state index in [0.29, 0.717) is 17.2 Å². The van der Waals surface area contributed by atoms with Crippen LogP contribution in [0.4, 0.5) is 5.69 Å². The number of nitrogens with one attached hydrogen (secondary N) is 1. The lowest BCUT2D eigenvalue weighted by Gasteiger charge is -2.09. The molecule has 0 atom stereocenters. The lowest BCUT2D eigenvalue weighted by atomic mass is 10.2. The number of carbonyl (C=O) groups is 1. The Morgan fingerprint density at radius 1 is 1.08 bits per heavy atom. The number of hydrogen-bond donors (Lipinski definition) is 1. The molecule has 0 aliphatic carbocycles. The fourth-order valence-electron chi connectivity index (χ4n) is 2.29. The van der Waals surface area contributed by atoms with Gasteiger partial charge in [-0.2, -0.15) is 5.10 Å². The molecule has 0 radical (unpaired) electrons. The SMILES string of the molecule is O=C(Nc1ccccc1-n1cccn1)c1cc(-c2ccco2)on1. The number of rotatable bonds is 4. The largest absolute Gasteiger partial charge is 0.461 e. The van der Waals surface area contributed by atoms with Gasteiger partial charge in [-0.3, -0.25) is 4.79 Å². The van der Waals surface area contributed by atoms with E-state index in [1.165, 1.54) is 12.3 Å². The normalized spacial score (nSPS) is 10.7. The van der Waals surface area contributed by atoms with Crippen LogP contribution in [-0.2, 0) is 0 Å². The molecule has 0 fully saturated rings. The molecule has 3 heterocycles. The van der Waals surface area contributed by atoms with Gasteiger partial charge in [-0.05, 0) is 30.3 Å². The predicted molar refractivity (Wildman–Crippen MR) is 85.7 cm³/mol. The van der Waals surface area contributed by atoms with Gasteiger partial charge in [0.1, 0.15) is 0 Å². The van der Waals surface area contributed by atoms with Gasteiger partial charge in [-0.1, -0.05) is 17.3 Å². The Bertz CT molecular complexity index is 956. The second-order valence-electron chi connectivity index (χ2n) is 4.98. The number of amides is 1. The first-order chi connectivity index (χ1) is 11.8. The van der Waals surface area contributed by atoms with Crippen LogP contribution in [0, 0.1) is 0 Å². The number of hydrogen-bond acceptors (Lipinski definition) is 5. The van der Waals surface area contributed by atoms with Gasteiger partial charge < -0.3 is 14.3 Å². The van der Waals surface area contributed by atoms with Gasteiger partial charge in [0.05, 0.1) is 17.6 Å². The summed E-state index contributed by atoms with van der Waals surface area (Å²) in [6, 6.07) is 14.2. The molecule has 4 aromatic rings. The highest BCUT2D eigenvalue weighted by Crippen LogP contribution is 2.23. The first-order valence-electron chi connectivity index (χ1n) is 7.22. The molecule has 0 unspecified atom stereocenters.